The summed E-state index contributed by atoms with van der Waals surface area (Å²) in [5.74, 6) is -0.606. The van der Waals surface area contributed by atoms with Gasteiger partial charge in [-0.05, 0) is 26.0 Å². The highest BCUT2D eigenvalue weighted by molar-refractivity contribution is 5.83. The number of carbonyl (C=O) groups excluding carboxylic acids is 2. The smallest absolute Gasteiger partial charge is 0.325 e. The standard InChI is InChI=1S/C13H19N3O3/c1-9(2)16(8-13(18)19-3)12(17)6-11-5-4-10(14)7-15-11/h4-5,7,9H,6,8,14H2,1-3H3. The highest BCUT2D eigenvalue weighted by atomic mass is 16.5. The second-order valence-electron chi connectivity index (χ2n) is 4.45. The third-order valence-electron chi connectivity index (χ3n) is 2.65. The zero-order chi connectivity index (χ0) is 14.4. The minimum absolute atomic E-state index is 0.0536. The van der Waals surface area contributed by atoms with Gasteiger partial charge < -0.3 is 15.4 Å². The van der Waals surface area contributed by atoms with E-state index in [1.165, 1.54) is 18.2 Å². The lowest BCUT2D eigenvalue weighted by Gasteiger charge is -2.25. The molecule has 6 heteroatoms. The number of aromatic nitrogens is 1. The Kier molecular flexibility index (Phi) is 5.29. The van der Waals surface area contributed by atoms with Crippen LogP contribution in [-0.2, 0) is 20.7 Å². The molecule has 0 saturated heterocycles. The molecule has 104 valence electrons. The lowest BCUT2D eigenvalue weighted by Crippen LogP contribution is -2.42. The molecule has 0 bridgehead atoms. The molecule has 0 unspecified atom stereocenters. The van der Waals surface area contributed by atoms with Crippen molar-refractivity contribution in [3.63, 3.8) is 0 Å². The van der Waals surface area contributed by atoms with E-state index >= 15 is 0 Å². The highest BCUT2D eigenvalue weighted by Crippen LogP contribution is 2.06. The van der Waals surface area contributed by atoms with E-state index in [0.717, 1.165) is 0 Å². The molecule has 0 spiro atoms. The van der Waals surface area contributed by atoms with Gasteiger partial charge in [-0.1, -0.05) is 0 Å². The van der Waals surface area contributed by atoms with Crippen molar-refractivity contribution in [1.82, 2.24) is 9.88 Å². The molecule has 0 aliphatic carbocycles. The largest absolute Gasteiger partial charge is 0.468 e. The van der Waals surface area contributed by atoms with Crippen LogP contribution in [0.3, 0.4) is 0 Å². The number of amides is 1. The van der Waals surface area contributed by atoms with Crippen LogP contribution in [0.25, 0.3) is 0 Å². The lowest BCUT2D eigenvalue weighted by molar-refractivity contribution is -0.148. The fraction of sp³-hybridized carbons (Fsp3) is 0.462. The van der Waals surface area contributed by atoms with Crippen molar-refractivity contribution in [2.24, 2.45) is 0 Å². The SMILES string of the molecule is COC(=O)CN(C(=O)Cc1ccc(N)cn1)C(C)C. The van der Waals surface area contributed by atoms with E-state index in [1.807, 2.05) is 13.8 Å². The predicted octanol–water partition coefficient (Wildman–Crippen LogP) is 0.616. The molecule has 1 heterocycles. The van der Waals surface area contributed by atoms with Gasteiger partial charge in [-0.15, -0.1) is 0 Å². The lowest BCUT2D eigenvalue weighted by atomic mass is 10.2. The number of hydrogen-bond donors (Lipinski definition) is 1. The molecule has 0 fully saturated rings. The Morgan fingerprint density at radius 2 is 2.11 bits per heavy atom. The zero-order valence-electron chi connectivity index (χ0n) is 11.4. The summed E-state index contributed by atoms with van der Waals surface area (Å²) >= 11 is 0. The van der Waals surface area contributed by atoms with E-state index in [1.54, 1.807) is 12.1 Å². The fourth-order valence-electron chi connectivity index (χ4n) is 1.56. The number of carbonyl (C=O) groups is 2. The maximum atomic E-state index is 12.1. The van der Waals surface area contributed by atoms with Gasteiger partial charge in [0.2, 0.25) is 5.91 Å². The summed E-state index contributed by atoms with van der Waals surface area (Å²) in [6.45, 7) is 3.64. The summed E-state index contributed by atoms with van der Waals surface area (Å²) in [6, 6.07) is 3.31. The molecular formula is C13H19N3O3. The molecule has 0 aliphatic heterocycles. The Balaban J connectivity index is 2.71. The summed E-state index contributed by atoms with van der Waals surface area (Å²) < 4.78 is 4.58. The molecule has 6 nitrogen and oxygen atoms in total. The summed E-state index contributed by atoms with van der Waals surface area (Å²) in [5.41, 5.74) is 6.70. The van der Waals surface area contributed by atoms with Crippen molar-refractivity contribution in [3.05, 3.63) is 24.0 Å². The molecule has 1 rings (SSSR count). The van der Waals surface area contributed by atoms with Crippen LogP contribution in [0.4, 0.5) is 5.69 Å². The van der Waals surface area contributed by atoms with Gasteiger partial charge in [0.1, 0.15) is 6.54 Å². The first-order chi connectivity index (χ1) is 8.93. The molecule has 0 saturated carbocycles. The predicted molar refractivity (Wildman–Crippen MR) is 71.2 cm³/mol. The fourth-order valence-corrected chi connectivity index (χ4v) is 1.56. The number of hydrogen-bond acceptors (Lipinski definition) is 5. The van der Waals surface area contributed by atoms with E-state index in [-0.39, 0.29) is 24.9 Å². The molecular weight excluding hydrogens is 246 g/mol. The van der Waals surface area contributed by atoms with Crippen LogP contribution in [0.1, 0.15) is 19.5 Å². The minimum Gasteiger partial charge on any atom is -0.468 e. The van der Waals surface area contributed by atoms with Gasteiger partial charge in [0.25, 0.3) is 0 Å². The number of esters is 1. The zero-order valence-corrected chi connectivity index (χ0v) is 11.4. The normalized spacial score (nSPS) is 10.3. The third kappa shape index (κ3) is 4.57. The van der Waals surface area contributed by atoms with E-state index in [9.17, 15) is 9.59 Å². The number of ether oxygens (including phenoxy) is 1. The molecule has 1 amide bonds. The van der Waals surface area contributed by atoms with Gasteiger partial charge in [-0.25, -0.2) is 0 Å². The van der Waals surface area contributed by atoms with Crippen molar-refractivity contribution in [1.29, 1.82) is 0 Å². The molecule has 1 aromatic heterocycles. The molecule has 19 heavy (non-hydrogen) atoms. The van der Waals surface area contributed by atoms with Crippen molar-refractivity contribution < 1.29 is 14.3 Å². The number of pyridine rings is 1. The summed E-state index contributed by atoms with van der Waals surface area (Å²) in [7, 11) is 1.30. The Hall–Kier alpha value is -2.11. The van der Waals surface area contributed by atoms with Gasteiger partial charge in [0.05, 0.1) is 25.4 Å². The van der Waals surface area contributed by atoms with Crippen molar-refractivity contribution in [3.8, 4) is 0 Å². The number of anilines is 1. The number of methoxy groups -OCH3 is 1. The van der Waals surface area contributed by atoms with Gasteiger partial charge >= 0.3 is 5.97 Å². The molecule has 1 aromatic rings. The first-order valence-electron chi connectivity index (χ1n) is 6.00. The van der Waals surface area contributed by atoms with Crippen molar-refractivity contribution in [2.45, 2.75) is 26.3 Å². The van der Waals surface area contributed by atoms with E-state index < -0.39 is 5.97 Å². The maximum Gasteiger partial charge on any atom is 0.325 e. The van der Waals surface area contributed by atoms with E-state index in [2.05, 4.69) is 9.72 Å². The van der Waals surface area contributed by atoms with Gasteiger partial charge in [0.15, 0.2) is 0 Å². The first kappa shape index (κ1) is 14.9. The van der Waals surface area contributed by atoms with Crippen LogP contribution >= 0.6 is 0 Å². The van der Waals surface area contributed by atoms with Gasteiger partial charge in [0, 0.05) is 11.7 Å². The monoisotopic (exact) mass is 265 g/mol. The van der Waals surface area contributed by atoms with Crippen LogP contribution in [0.2, 0.25) is 0 Å². The average molecular weight is 265 g/mol. The average Bonchev–Trinajstić information content (AvgIpc) is 2.37. The summed E-state index contributed by atoms with van der Waals surface area (Å²) in [5, 5.41) is 0. The Morgan fingerprint density at radius 3 is 2.58 bits per heavy atom. The third-order valence-corrected chi connectivity index (χ3v) is 2.65. The Labute approximate surface area is 112 Å². The van der Waals surface area contributed by atoms with Crippen LogP contribution in [0.5, 0.6) is 0 Å². The van der Waals surface area contributed by atoms with Gasteiger partial charge in [-0.2, -0.15) is 0 Å². The quantitative estimate of drug-likeness (QED) is 0.789. The van der Waals surface area contributed by atoms with Crippen molar-refractivity contribution in [2.75, 3.05) is 19.4 Å². The topological polar surface area (TPSA) is 85.5 Å². The second kappa shape index (κ2) is 6.72. The Bertz CT molecular complexity index is 443. The highest BCUT2D eigenvalue weighted by Gasteiger charge is 2.20. The van der Waals surface area contributed by atoms with Crippen LogP contribution in [0, 0.1) is 0 Å². The van der Waals surface area contributed by atoms with E-state index in [4.69, 9.17) is 5.73 Å². The van der Waals surface area contributed by atoms with Crippen LogP contribution in [-0.4, -0.2) is 41.5 Å². The van der Waals surface area contributed by atoms with Crippen molar-refractivity contribution >= 4 is 17.6 Å². The first-order valence-corrected chi connectivity index (χ1v) is 6.00. The number of nitrogens with two attached hydrogens (primary N) is 1. The number of nitrogens with zero attached hydrogens (tertiary/aromatic N) is 2. The molecule has 0 aromatic carbocycles. The minimum atomic E-state index is -0.438. The maximum absolute atomic E-state index is 12.1. The second-order valence-corrected chi connectivity index (χ2v) is 4.45. The number of rotatable bonds is 5. The summed E-state index contributed by atoms with van der Waals surface area (Å²) in [4.78, 5) is 29.0. The molecule has 2 N–H and O–H groups in total. The molecule has 0 radical (unpaired) electrons. The van der Waals surface area contributed by atoms with Crippen LogP contribution in [0.15, 0.2) is 18.3 Å². The van der Waals surface area contributed by atoms with E-state index in [0.29, 0.717) is 11.4 Å². The van der Waals surface area contributed by atoms with Crippen LogP contribution < -0.4 is 5.73 Å². The Morgan fingerprint density at radius 1 is 1.42 bits per heavy atom. The summed E-state index contributed by atoms with van der Waals surface area (Å²) in [6.07, 6.45) is 1.64. The van der Waals surface area contributed by atoms with Gasteiger partial charge in [-0.3, -0.25) is 14.6 Å². The molecule has 0 aliphatic rings. The number of nitrogen functional groups attached to an aromatic ring is 1. The molecule has 0 atom stereocenters.